The van der Waals surface area contributed by atoms with E-state index in [1.807, 2.05) is 19.1 Å². The molecule has 0 aliphatic rings. The minimum Gasteiger partial charge on any atom is -0.369 e. The first kappa shape index (κ1) is 17.7. The molecule has 3 aromatic rings. The molecule has 1 heterocycles. The van der Waals surface area contributed by atoms with Gasteiger partial charge in [-0.3, -0.25) is 14.7 Å². The van der Waals surface area contributed by atoms with E-state index in [0.717, 1.165) is 11.1 Å². The maximum absolute atomic E-state index is 12.7. The highest BCUT2D eigenvalue weighted by Crippen LogP contribution is 2.25. The molecule has 4 N–H and O–H groups in total. The van der Waals surface area contributed by atoms with Crippen LogP contribution >= 0.6 is 11.6 Å². The maximum atomic E-state index is 12.7. The molecule has 0 unspecified atom stereocenters. The van der Waals surface area contributed by atoms with E-state index in [4.69, 9.17) is 17.3 Å². The smallest absolute Gasteiger partial charge is 0.273 e. The molecule has 0 bridgehead atoms. The Morgan fingerprint density at radius 2 is 1.85 bits per heavy atom. The number of aromatic amines is 1. The number of H-pyrrole nitrogens is 1. The zero-order chi connectivity index (χ0) is 18.7. The number of benzene rings is 2. The Balaban J connectivity index is 1.86. The number of nitrogens with one attached hydrogen (secondary N) is 2. The Morgan fingerprint density at radius 1 is 1.15 bits per heavy atom. The highest BCUT2D eigenvalue weighted by atomic mass is 35.5. The van der Waals surface area contributed by atoms with Crippen molar-refractivity contribution >= 4 is 29.1 Å². The normalized spacial score (nSPS) is 10.5. The van der Waals surface area contributed by atoms with Crippen LogP contribution in [0.5, 0.6) is 0 Å². The number of rotatable bonds is 5. The summed E-state index contributed by atoms with van der Waals surface area (Å²) >= 11 is 5.91. The van der Waals surface area contributed by atoms with Gasteiger partial charge in [-0.2, -0.15) is 5.10 Å². The van der Waals surface area contributed by atoms with Crippen molar-refractivity contribution in [3.05, 3.63) is 70.4 Å². The molecule has 0 radical (unpaired) electrons. The van der Waals surface area contributed by atoms with Crippen LogP contribution in [0.3, 0.4) is 0 Å². The topological polar surface area (TPSA) is 101 Å². The summed E-state index contributed by atoms with van der Waals surface area (Å²) in [6, 6.07) is 14.3. The van der Waals surface area contributed by atoms with Gasteiger partial charge in [-0.15, -0.1) is 0 Å². The average molecular weight is 369 g/mol. The van der Waals surface area contributed by atoms with Crippen LogP contribution < -0.4 is 11.1 Å². The Bertz CT molecular complexity index is 964. The van der Waals surface area contributed by atoms with E-state index in [1.54, 1.807) is 36.4 Å². The van der Waals surface area contributed by atoms with Gasteiger partial charge in [0.25, 0.3) is 5.91 Å². The molecule has 0 fully saturated rings. The van der Waals surface area contributed by atoms with E-state index in [2.05, 4.69) is 15.5 Å². The van der Waals surface area contributed by atoms with Crippen LogP contribution in [0.15, 0.2) is 48.5 Å². The largest absolute Gasteiger partial charge is 0.369 e. The average Bonchev–Trinajstić information content (AvgIpc) is 2.98. The number of halogens is 1. The van der Waals surface area contributed by atoms with Gasteiger partial charge in [-0.25, -0.2) is 0 Å². The van der Waals surface area contributed by atoms with Gasteiger partial charge in [-0.1, -0.05) is 41.9 Å². The third kappa shape index (κ3) is 3.75. The molecular weight excluding hydrogens is 352 g/mol. The Kier molecular flexibility index (Phi) is 5.04. The summed E-state index contributed by atoms with van der Waals surface area (Å²) in [5.41, 5.74) is 9.06. The lowest BCUT2D eigenvalue weighted by Crippen LogP contribution is -2.18. The molecule has 2 amide bonds. The van der Waals surface area contributed by atoms with Gasteiger partial charge >= 0.3 is 0 Å². The number of amides is 2. The van der Waals surface area contributed by atoms with Crippen LogP contribution in [-0.4, -0.2) is 22.0 Å². The van der Waals surface area contributed by atoms with E-state index < -0.39 is 5.91 Å². The fraction of sp³-hybridized carbons (Fsp3) is 0.105. The first-order chi connectivity index (χ1) is 12.5. The molecule has 0 saturated carbocycles. The van der Waals surface area contributed by atoms with Crippen molar-refractivity contribution in [3.63, 3.8) is 0 Å². The van der Waals surface area contributed by atoms with E-state index in [1.165, 1.54) is 0 Å². The second-order valence-electron chi connectivity index (χ2n) is 5.83. The lowest BCUT2D eigenvalue weighted by Gasteiger charge is -2.09. The molecule has 0 atom stereocenters. The van der Waals surface area contributed by atoms with Gasteiger partial charge < -0.3 is 11.1 Å². The summed E-state index contributed by atoms with van der Waals surface area (Å²) in [7, 11) is 0. The van der Waals surface area contributed by atoms with Crippen LogP contribution in [-0.2, 0) is 11.2 Å². The summed E-state index contributed by atoms with van der Waals surface area (Å²) in [6.07, 6.45) is 0.0500. The predicted octanol–water partition coefficient (Wildman–Crippen LogP) is 3.32. The predicted molar refractivity (Wildman–Crippen MR) is 101 cm³/mol. The number of nitrogens with zero attached hydrogens (tertiary/aromatic N) is 1. The van der Waals surface area contributed by atoms with E-state index in [-0.39, 0.29) is 12.3 Å². The van der Waals surface area contributed by atoms with Crippen molar-refractivity contribution in [3.8, 4) is 11.3 Å². The molecule has 0 saturated heterocycles. The lowest BCUT2D eigenvalue weighted by molar-refractivity contribution is -0.117. The Morgan fingerprint density at radius 3 is 2.54 bits per heavy atom. The molecule has 2 aromatic carbocycles. The molecule has 26 heavy (non-hydrogen) atoms. The number of carbonyl (C=O) groups is 2. The molecule has 0 aliphatic carbocycles. The Labute approximate surface area is 155 Å². The third-order valence-electron chi connectivity index (χ3n) is 3.98. The molecule has 0 spiro atoms. The van der Waals surface area contributed by atoms with Crippen LogP contribution in [0.1, 0.15) is 21.6 Å². The fourth-order valence-corrected chi connectivity index (χ4v) is 2.80. The van der Waals surface area contributed by atoms with Crippen molar-refractivity contribution in [2.24, 2.45) is 5.73 Å². The summed E-state index contributed by atoms with van der Waals surface area (Å²) < 4.78 is 0. The zero-order valence-electron chi connectivity index (χ0n) is 14.0. The van der Waals surface area contributed by atoms with Crippen molar-refractivity contribution in [2.45, 2.75) is 13.3 Å². The number of para-hydroxylation sites is 1. The summed E-state index contributed by atoms with van der Waals surface area (Å²) in [5, 5.41) is 10.5. The monoisotopic (exact) mass is 368 g/mol. The number of primary amides is 1. The van der Waals surface area contributed by atoms with Crippen molar-refractivity contribution < 1.29 is 9.59 Å². The molecule has 3 rings (SSSR count). The fourth-order valence-electron chi connectivity index (χ4n) is 2.68. The second-order valence-corrected chi connectivity index (χ2v) is 6.27. The quantitative estimate of drug-likeness (QED) is 0.643. The molecule has 6 nitrogen and oxygen atoms in total. The molecule has 1 aromatic heterocycles. The minimum absolute atomic E-state index is 0.0500. The number of anilines is 1. The van der Waals surface area contributed by atoms with E-state index in [9.17, 15) is 9.59 Å². The highest BCUT2D eigenvalue weighted by molar-refractivity contribution is 6.30. The first-order valence-electron chi connectivity index (χ1n) is 7.94. The van der Waals surface area contributed by atoms with E-state index >= 15 is 0 Å². The first-order valence-corrected chi connectivity index (χ1v) is 8.32. The third-order valence-corrected chi connectivity index (χ3v) is 4.24. The number of hydrogen-bond donors (Lipinski definition) is 3. The van der Waals surface area contributed by atoms with Gasteiger partial charge in [-0.05, 0) is 30.7 Å². The molecular formula is C19H17ClN4O2. The van der Waals surface area contributed by atoms with Gasteiger partial charge in [0, 0.05) is 21.8 Å². The van der Waals surface area contributed by atoms with E-state index in [0.29, 0.717) is 27.7 Å². The van der Waals surface area contributed by atoms with Gasteiger partial charge in [0.1, 0.15) is 5.69 Å². The second kappa shape index (κ2) is 7.41. The maximum Gasteiger partial charge on any atom is 0.273 e. The standard InChI is InChI=1S/C19H17ClN4O2/c1-11-17(12-6-8-14(20)9-7-12)23-24-18(11)19(26)22-15-5-3-2-4-13(15)10-16(21)25/h2-9H,10H2,1H3,(H2,21,25)(H,22,26)(H,23,24). The van der Waals surface area contributed by atoms with Crippen molar-refractivity contribution in [1.29, 1.82) is 0 Å². The van der Waals surface area contributed by atoms with Crippen LogP contribution in [0.25, 0.3) is 11.3 Å². The number of nitrogens with two attached hydrogens (primary N) is 1. The van der Waals surface area contributed by atoms with Crippen molar-refractivity contribution in [2.75, 3.05) is 5.32 Å². The highest BCUT2D eigenvalue weighted by Gasteiger charge is 2.18. The number of aromatic nitrogens is 2. The zero-order valence-corrected chi connectivity index (χ0v) is 14.8. The number of carbonyl (C=O) groups excluding carboxylic acids is 2. The molecule has 132 valence electrons. The minimum atomic E-state index is -0.463. The molecule has 0 aliphatic heterocycles. The summed E-state index contributed by atoms with van der Waals surface area (Å²) in [5.74, 6) is -0.804. The lowest BCUT2D eigenvalue weighted by atomic mass is 10.1. The van der Waals surface area contributed by atoms with Gasteiger partial charge in [0.2, 0.25) is 5.91 Å². The van der Waals surface area contributed by atoms with Crippen LogP contribution in [0.2, 0.25) is 5.02 Å². The molecule has 7 heteroatoms. The SMILES string of the molecule is Cc1c(-c2ccc(Cl)cc2)n[nH]c1C(=O)Nc1ccccc1CC(N)=O. The van der Waals surface area contributed by atoms with Gasteiger partial charge in [0.15, 0.2) is 0 Å². The Hall–Kier alpha value is -3.12. The van der Waals surface area contributed by atoms with Crippen LogP contribution in [0, 0.1) is 6.92 Å². The van der Waals surface area contributed by atoms with Crippen molar-refractivity contribution in [1.82, 2.24) is 10.2 Å². The van der Waals surface area contributed by atoms with Gasteiger partial charge in [0.05, 0.1) is 12.1 Å². The number of hydrogen-bond acceptors (Lipinski definition) is 3. The summed E-state index contributed by atoms with van der Waals surface area (Å²) in [6.45, 7) is 1.82. The summed E-state index contributed by atoms with van der Waals surface area (Å²) in [4.78, 5) is 23.9. The van der Waals surface area contributed by atoms with Crippen LogP contribution in [0.4, 0.5) is 5.69 Å².